The Balaban J connectivity index is 1.29. The summed E-state index contributed by atoms with van der Waals surface area (Å²) < 4.78 is 0. The van der Waals surface area contributed by atoms with Crippen LogP contribution in [0.1, 0.15) is 76.7 Å². The zero-order valence-corrected chi connectivity index (χ0v) is 29.5. The third-order valence-electron chi connectivity index (χ3n) is 10.2. The van der Waals surface area contributed by atoms with Gasteiger partial charge in [0.25, 0.3) is 0 Å². The summed E-state index contributed by atoms with van der Waals surface area (Å²) in [5.41, 5.74) is 11.3. The van der Waals surface area contributed by atoms with Gasteiger partial charge < -0.3 is 0 Å². The second-order valence-electron chi connectivity index (χ2n) is 13.7. The first-order valence-corrected chi connectivity index (χ1v) is 18.8. The zero-order chi connectivity index (χ0) is 34.0. The molecule has 0 aliphatic carbocycles. The maximum atomic E-state index is 4.26. The van der Waals surface area contributed by atoms with Gasteiger partial charge >= 0.3 is 0 Å². The number of benzene rings is 5. The van der Waals surface area contributed by atoms with E-state index < -0.39 is 0 Å². The lowest BCUT2D eigenvalue weighted by Crippen LogP contribution is -1.94. The summed E-state index contributed by atoms with van der Waals surface area (Å²) in [7, 11) is 0. The van der Waals surface area contributed by atoms with E-state index in [9.17, 15) is 0 Å². The monoisotopic (exact) mass is 652 g/mol. The molecule has 2 heterocycles. The highest BCUT2D eigenvalue weighted by molar-refractivity contribution is 6.21. The van der Waals surface area contributed by atoms with Gasteiger partial charge in [0.05, 0.1) is 0 Å². The van der Waals surface area contributed by atoms with Crippen LogP contribution in [-0.4, -0.2) is 9.97 Å². The van der Waals surface area contributed by atoms with Crippen LogP contribution in [0.5, 0.6) is 0 Å². The molecule has 0 aliphatic heterocycles. The van der Waals surface area contributed by atoms with E-state index >= 15 is 0 Å². The first kappa shape index (κ1) is 33.4. The van der Waals surface area contributed by atoms with E-state index in [2.05, 4.69) is 132 Å². The van der Waals surface area contributed by atoms with Crippen molar-refractivity contribution >= 4 is 21.5 Å². The Labute approximate surface area is 298 Å². The van der Waals surface area contributed by atoms with Crippen LogP contribution in [0.4, 0.5) is 0 Å². The van der Waals surface area contributed by atoms with Crippen molar-refractivity contribution in [3.8, 4) is 44.5 Å². The highest BCUT2D eigenvalue weighted by Gasteiger charge is 2.18. The van der Waals surface area contributed by atoms with E-state index in [0.29, 0.717) is 0 Å². The van der Waals surface area contributed by atoms with Gasteiger partial charge in [-0.1, -0.05) is 144 Å². The number of rotatable bonds is 15. The molecular weight excluding hydrogens is 605 g/mol. The predicted molar refractivity (Wildman–Crippen MR) is 214 cm³/mol. The summed E-state index contributed by atoms with van der Waals surface area (Å²) >= 11 is 0. The molecule has 2 heteroatoms. The van der Waals surface area contributed by atoms with E-state index in [1.165, 1.54) is 136 Å². The largest absolute Gasteiger partial charge is 0.265 e. The molecule has 0 aliphatic rings. The summed E-state index contributed by atoms with van der Waals surface area (Å²) in [6.07, 6.45) is 22.2. The molecule has 0 unspecified atom stereocenters. The SMILES string of the molecule is CCCCCCCCCCCCc1ccc2c(-c3cccc(-c4ccncc4)c3)c3ccccc3c(-c3cccc(-c4ccncc4)c3)c2c1. The number of fused-ring (bicyclic) bond motifs is 2. The van der Waals surface area contributed by atoms with Gasteiger partial charge in [0, 0.05) is 24.8 Å². The van der Waals surface area contributed by atoms with Gasteiger partial charge in [0.2, 0.25) is 0 Å². The van der Waals surface area contributed by atoms with E-state index in [1.807, 2.05) is 24.8 Å². The number of pyridine rings is 2. The van der Waals surface area contributed by atoms with Crippen LogP contribution in [0, 0.1) is 0 Å². The summed E-state index contributed by atoms with van der Waals surface area (Å²) in [6.45, 7) is 2.29. The molecule has 0 saturated carbocycles. The summed E-state index contributed by atoms with van der Waals surface area (Å²) in [6, 6.07) is 42.7. The molecule has 7 rings (SSSR count). The number of nitrogens with zero attached hydrogens (tertiary/aromatic N) is 2. The quantitative estimate of drug-likeness (QED) is 0.0813. The van der Waals surface area contributed by atoms with Crippen LogP contribution in [-0.2, 0) is 6.42 Å². The number of aromatic nitrogens is 2. The van der Waals surface area contributed by atoms with E-state index in [1.54, 1.807) is 0 Å². The molecule has 7 aromatic rings. The second-order valence-corrected chi connectivity index (χ2v) is 13.7. The Morgan fingerprint density at radius 2 is 0.820 bits per heavy atom. The normalized spacial score (nSPS) is 11.4. The van der Waals surface area contributed by atoms with Gasteiger partial charge in [-0.25, -0.2) is 0 Å². The lowest BCUT2D eigenvalue weighted by molar-refractivity contribution is 0.556. The van der Waals surface area contributed by atoms with Crippen molar-refractivity contribution in [1.29, 1.82) is 0 Å². The van der Waals surface area contributed by atoms with Crippen molar-refractivity contribution in [3.05, 3.63) is 146 Å². The molecule has 50 heavy (non-hydrogen) atoms. The van der Waals surface area contributed by atoms with E-state index in [4.69, 9.17) is 0 Å². The van der Waals surface area contributed by atoms with Crippen molar-refractivity contribution in [1.82, 2.24) is 9.97 Å². The van der Waals surface area contributed by atoms with Crippen molar-refractivity contribution in [2.24, 2.45) is 0 Å². The molecule has 0 atom stereocenters. The van der Waals surface area contributed by atoms with Crippen LogP contribution in [0.25, 0.3) is 66.1 Å². The van der Waals surface area contributed by atoms with Gasteiger partial charge in [0.15, 0.2) is 0 Å². The van der Waals surface area contributed by atoms with Gasteiger partial charge in [-0.2, -0.15) is 0 Å². The third kappa shape index (κ3) is 7.71. The Kier molecular flexibility index (Phi) is 11.1. The van der Waals surface area contributed by atoms with Crippen LogP contribution in [0.3, 0.4) is 0 Å². The average molecular weight is 653 g/mol. The fraction of sp³-hybridized carbons (Fsp3) is 0.250. The molecule has 5 aromatic carbocycles. The molecule has 0 fully saturated rings. The summed E-state index contributed by atoms with van der Waals surface area (Å²) in [4.78, 5) is 8.52. The maximum absolute atomic E-state index is 4.26. The Bertz CT molecular complexity index is 2150. The fourth-order valence-corrected chi connectivity index (χ4v) is 7.62. The summed E-state index contributed by atoms with van der Waals surface area (Å²) in [5, 5.41) is 5.18. The molecule has 0 radical (unpaired) electrons. The highest BCUT2D eigenvalue weighted by atomic mass is 14.6. The van der Waals surface area contributed by atoms with Gasteiger partial charge in [-0.15, -0.1) is 0 Å². The van der Waals surface area contributed by atoms with Crippen molar-refractivity contribution in [3.63, 3.8) is 0 Å². The molecule has 250 valence electrons. The standard InChI is InChI=1S/C48H48N2/c1-2-3-4-5-6-7-8-9-10-11-16-36-23-24-45-46(33-36)48(42-20-15-18-40(35-42)38-27-31-50-32-28-38)44-22-13-12-21-43(44)47(45)41-19-14-17-39(34-41)37-25-29-49-30-26-37/h12-15,17-35H,2-11,16H2,1H3. The minimum atomic E-state index is 1.11. The van der Waals surface area contributed by atoms with Gasteiger partial charge in [0.1, 0.15) is 0 Å². The van der Waals surface area contributed by atoms with Crippen LogP contribution in [0.2, 0.25) is 0 Å². The van der Waals surface area contributed by atoms with Crippen LogP contribution >= 0.6 is 0 Å². The van der Waals surface area contributed by atoms with Crippen molar-refractivity contribution in [2.45, 2.75) is 77.6 Å². The number of unbranched alkanes of at least 4 members (excludes halogenated alkanes) is 9. The van der Waals surface area contributed by atoms with Crippen LogP contribution < -0.4 is 0 Å². The lowest BCUT2D eigenvalue weighted by Gasteiger charge is -2.19. The number of hydrogen-bond acceptors (Lipinski definition) is 2. The molecule has 0 amide bonds. The van der Waals surface area contributed by atoms with Gasteiger partial charge in [-0.05, 0) is 121 Å². The van der Waals surface area contributed by atoms with Gasteiger partial charge in [-0.3, -0.25) is 9.97 Å². The van der Waals surface area contributed by atoms with Crippen molar-refractivity contribution in [2.75, 3.05) is 0 Å². The first-order chi connectivity index (χ1) is 24.8. The molecular formula is C48H48N2. The lowest BCUT2D eigenvalue weighted by atomic mass is 9.84. The number of aryl methyl sites for hydroxylation is 1. The first-order valence-electron chi connectivity index (χ1n) is 18.8. The molecule has 0 N–H and O–H groups in total. The topological polar surface area (TPSA) is 25.8 Å². The Morgan fingerprint density at radius 1 is 0.360 bits per heavy atom. The molecule has 0 bridgehead atoms. The highest BCUT2D eigenvalue weighted by Crippen LogP contribution is 2.45. The second kappa shape index (κ2) is 16.5. The Morgan fingerprint density at radius 3 is 1.36 bits per heavy atom. The zero-order valence-electron chi connectivity index (χ0n) is 29.5. The third-order valence-corrected chi connectivity index (χ3v) is 10.2. The molecule has 2 aromatic heterocycles. The van der Waals surface area contributed by atoms with Crippen LogP contribution in [0.15, 0.2) is 140 Å². The Hall–Kier alpha value is -5.08. The molecule has 0 saturated heterocycles. The molecule has 2 nitrogen and oxygen atoms in total. The summed E-state index contributed by atoms with van der Waals surface area (Å²) in [5.74, 6) is 0. The minimum Gasteiger partial charge on any atom is -0.265 e. The molecule has 0 spiro atoms. The fourth-order valence-electron chi connectivity index (χ4n) is 7.62. The van der Waals surface area contributed by atoms with E-state index in [-0.39, 0.29) is 0 Å². The smallest absolute Gasteiger partial charge is 0.0273 e. The predicted octanol–water partition coefficient (Wildman–Crippen LogP) is 13.9. The average Bonchev–Trinajstić information content (AvgIpc) is 3.18. The van der Waals surface area contributed by atoms with Crippen molar-refractivity contribution < 1.29 is 0 Å². The minimum absolute atomic E-state index is 1.11. The maximum Gasteiger partial charge on any atom is 0.0273 e. The number of hydrogen-bond donors (Lipinski definition) is 0. The van der Waals surface area contributed by atoms with E-state index in [0.717, 1.165) is 6.42 Å².